The van der Waals surface area contributed by atoms with E-state index in [9.17, 15) is 13.2 Å². The molecule has 1 saturated heterocycles. The number of aryl methyl sites for hydroxylation is 1. The third-order valence-electron chi connectivity index (χ3n) is 3.37. The van der Waals surface area contributed by atoms with E-state index in [2.05, 4.69) is 21.2 Å². The minimum atomic E-state index is -3.76. The fourth-order valence-corrected chi connectivity index (χ4v) is 4.55. The number of morpholine rings is 1. The van der Waals surface area contributed by atoms with E-state index in [0.717, 1.165) is 0 Å². The Balaban J connectivity index is 2.45. The predicted molar refractivity (Wildman–Crippen MR) is 81.4 cm³/mol. The molecule has 1 heterocycles. The van der Waals surface area contributed by atoms with Crippen molar-refractivity contribution in [1.82, 2.24) is 9.62 Å². The lowest BCUT2D eigenvalue weighted by Gasteiger charge is -2.33. The van der Waals surface area contributed by atoms with Crippen LogP contribution in [0, 0.1) is 6.92 Å². The number of carbonyl (C=O) groups excluding carboxylic acids is 1. The molecule has 1 fully saturated rings. The van der Waals surface area contributed by atoms with Crippen LogP contribution in [0.4, 0.5) is 0 Å². The summed E-state index contributed by atoms with van der Waals surface area (Å²) < 4.78 is 32.9. The van der Waals surface area contributed by atoms with Gasteiger partial charge in [-0.1, -0.05) is 22.0 Å². The van der Waals surface area contributed by atoms with Crippen LogP contribution >= 0.6 is 15.9 Å². The van der Waals surface area contributed by atoms with Gasteiger partial charge < -0.3 is 10.1 Å². The van der Waals surface area contributed by atoms with Crippen molar-refractivity contribution >= 4 is 31.9 Å². The monoisotopic (exact) mass is 376 g/mol. The molecule has 0 aromatic heterocycles. The molecule has 21 heavy (non-hydrogen) atoms. The van der Waals surface area contributed by atoms with E-state index in [1.807, 2.05) is 0 Å². The first-order valence-corrected chi connectivity index (χ1v) is 8.68. The van der Waals surface area contributed by atoms with Gasteiger partial charge in [-0.3, -0.25) is 4.79 Å². The molecule has 0 saturated carbocycles. The minimum absolute atomic E-state index is 0.0615. The van der Waals surface area contributed by atoms with Crippen LogP contribution in [-0.2, 0) is 19.6 Å². The molecule has 1 aliphatic rings. The summed E-state index contributed by atoms with van der Waals surface area (Å²) in [5.41, 5.74) is 0.639. The number of hydrogen-bond donors (Lipinski definition) is 1. The Kier molecular flexibility index (Phi) is 5.03. The SMILES string of the molecule is CNC(=O)C1COCCN1S(=O)(=O)c1cc(Br)ccc1C. The standard InChI is InChI=1S/C13H17BrN2O4S/c1-9-3-4-10(14)7-12(9)21(18,19)16-5-6-20-8-11(16)13(17)15-2/h3-4,7,11H,5-6,8H2,1-2H3,(H,15,17). The minimum Gasteiger partial charge on any atom is -0.378 e. The van der Waals surface area contributed by atoms with Crippen LogP contribution in [0.1, 0.15) is 5.56 Å². The molecule has 1 N–H and O–H groups in total. The summed E-state index contributed by atoms with van der Waals surface area (Å²) in [4.78, 5) is 12.1. The van der Waals surface area contributed by atoms with Crippen molar-refractivity contribution in [2.24, 2.45) is 0 Å². The fraction of sp³-hybridized carbons (Fsp3) is 0.462. The first kappa shape index (κ1) is 16.4. The zero-order valence-corrected chi connectivity index (χ0v) is 14.2. The van der Waals surface area contributed by atoms with Crippen molar-refractivity contribution in [1.29, 1.82) is 0 Å². The van der Waals surface area contributed by atoms with Gasteiger partial charge in [0.15, 0.2) is 0 Å². The van der Waals surface area contributed by atoms with Gasteiger partial charge in [-0.15, -0.1) is 0 Å². The predicted octanol–water partition coefficient (Wildman–Crippen LogP) is 0.893. The van der Waals surface area contributed by atoms with Gasteiger partial charge in [0.05, 0.1) is 18.1 Å². The highest BCUT2D eigenvalue weighted by Gasteiger charge is 2.38. The van der Waals surface area contributed by atoms with E-state index in [0.29, 0.717) is 10.0 Å². The molecule has 116 valence electrons. The van der Waals surface area contributed by atoms with Crippen molar-refractivity contribution in [3.8, 4) is 0 Å². The highest BCUT2D eigenvalue weighted by Crippen LogP contribution is 2.26. The first-order valence-electron chi connectivity index (χ1n) is 6.45. The summed E-state index contributed by atoms with van der Waals surface area (Å²) in [7, 11) is -2.28. The molecular formula is C13H17BrN2O4S. The van der Waals surface area contributed by atoms with Gasteiger partial charge in [0.25, 0.3) is 0 Å². The molecule has 6 nitrogen and oxygen atoms in total. The number of amides is 1. The Bertz CT molecular complexity index is 648. The fourth-order valence-electron chi connectivity index (χ4n) is 2.23. The summed E-state index contributed by atoms with van der Waals surface area (Å²) in [5, 5.41) is 2.48. The number of hydrogen-bond acceptors (Lipinski definition) is 4. The summed E-state index contributed by atoms with van der Waals surface area (Å²) >= 11 is 3.28. The lowest BCUT2D eigenvalue weighted by atomic mass is 10.2. The van der Waals surface area contributed by atoms with E-state index < -0.39 is 16.1 Å². The van der Waals surface area contributed by atoms with Crippen molar-refractivity contribution < 1.29 is 17.9 Å². The van der Waals surface area contributed by atoms with Crippen LogP contribution in [-0.4, -0.2) is 51.5 Å². The van der Waals surface area contributed by atoms with Gasteiger partial charge in [0.1, 0.15) is 6.04 Å². The summed E-state index contributed by atoms with van der Waals surface area (Å²) in [6, 6.07) is 4.23. The molecule has 1 amide bonds. The van der Waals surface area contributed by atoms with Gasteiger partial charge in [0, 0.05) is 18.1 Å². The topological polar surface area (TPSA) is 75.7 Å². The average molecular weight is 377 g/mol. The van der Waals surface area contributed by atoms with Crippen LogP contribution in [0.3, 0.4) is 0 Å². The molecule has 1 unspecified atom stereocenters. The Morgan fingerprint density at radius 2 is 2.19 bits per heavy atom. The molecule has 0 aliphatic carbocycles. The quantitative estimate of drug-likeness (QED) is 0.849. The molecule has 1 aromatic carbocycles. The number of halogens is 1. The third kappa shape index (κ3) is 3.28. The van der Waals surface area contributed by atoms with E-state index in [1.54, 1.807) is 25.1 Å². The van der Waals surface area contributed by atoms with Crippen molar-refractivity contribution in [2.45, 2.75) is 17.9 Å². The highest BCUT2D eigenvalue weighted by atomic mass is 79.9. The number of sulfonamides is 1. The molecule has 2 rings (SSSR count). The largest absolute Gasteiger partial charge is 0.378 e. The van der Waals surface area contributed by atoms with Gasteiger partial charge >= 0.3 is 0 Å². The molecule has 0 bridgehead atoms. The van der Waals surface area contributed by atoms with E-state index in [1.165, 1.54) is 11.4 Å². The zero-order valence-electron chi connectivity index (χ0n) is 11.8. The zero-order chi connectivity index (χ0) is 15.6. The van der Waals surface area contributed by atoms with Crippen LogP contribution in [0.25, 0.3) is 0 Å². The van der Waals surface area contributed by atoms with E-state index in [-0.39, 0.29) is 30.6 Å². The first-order chi connectivity index (χ1) is 9.87. The number of benzene rings is 1. The summed E-state index contributed by atoms with van der Waals surface area (Å²) in [5.74, 6) is -0.370. The van der Waals surface area contributed by atoms with Gasteiger partial charge in [-0.05, 0) is 24.6 Å². The maximum Gasteiger partial charge on any atom is 0.244 e. The highest BCUT2D eigenvalue weighted by molar-refractivity contribution is 9.10. The number of nitrogens with one attached hydrogen (secondary N) is 1. The molecule has 0 spiro atoms. The smallest absolute Gasteiger partial charge is 0.244 e. The molecule has 1 aromatic rings. The van der Waals surface area contributed by atoms with Gasteiger partial charge in [0.2, 0.25) is 15.9 Å². The van der Waals surface area contributed by atoms with Crippen molar-refractivity contribution in [3.63, 3.8) is 0 Å². The van der Waals surface area contributed by atoms with Crippen molar-refractivity contribution in [3.05, 3.63) is 28.2 Å². The summed E-state index contributed by atoms with van der Waals surface area (Å²) in [6.45, 7) is 2.23. The second-order valence-corrected chi connectivity index (χ2v) is 7.51. The van der Waals surface area contributed by atoms with Crippen LogP contribution < -0.4 is 5.32 Å². The molecule has 1 aliphatic heterocycles. The lowest BCUT2D eigenvalue weighted by Crippen LogP contribution is -2.55. The maximum atomic E-state index is 12.9. The van der Waals surface area contributed by atoms with Gasteiger partial charge in [-0.25, -0.2) is 8.42 Å². The number of ether oxygens (including phenoxy) is 1. The van der Waals surface area contributed by atoms with E-state index in [4.69, 9.17) is 4.74 Å². The molecule has 8 heteroatoms. The normalized spacial score (nSPS) is 20.2. The number of carbonyl (C=O) groups is 1. The Hall–Kier alpha value is -0.960. The van der Waals surface area contributed by atoms with Crippen LogP contribution in [0.2, 0.25) is 0 Å². The number of nitrogens with zero attached hydrogens (tertiary/aromatic N) is 1. The number of likely N-dealkylation sites (N-methyl/N-ethyl adjacent to an activating group) is 1. The molecule has 0 radical (unpaired) electrons. The van der Waals surface area contributed by atoms with Crippen molar-refractivity contribution in [2.75, 3.05) is 26.8 Å². The second kappa shape index (κ2) is 6.43. The second-order valence-electron chi connectivity index (χ2n) is 4.73. The number of rotatable bonds is 3. The third-order valence-corrected chi connectivity index (χ3v) is 5.91. The Morgan fingerprint density at radius 3 is 2.86 bits per heavy atom. The average Bonchev–Trinajstić information content (AvgIpc) is 2.48. The maximum absolute atomic E-state index is 12.9. The molecular weight excluding hydrogens is 360 g/mol. The Labute approximate surface area is 132 Å². The summed E-state index contributed by atoms with van der Waals surface area (Å²) in [6.07, 6.45) is 0. The van der Waals surface area contributed by atoms with Gasteiger partial charge in [-0.2, -0.15) is 4.31 Å². The Morgan fingerprint density at radius 1 is 1.48 bits per heavy atom. The van der Waals surface area contributed by atoms with Crippen LogP contribution in [0.5, 0.6) is 0 Å². The van der Waals surface area contributed by atoms with E-state index >= 15 is 0 Å². The lowest BCUT2D eigenvalue weighted by molar-refractivity contribution is -0.128. The molecule has 1 atom stereocenters. The van der Waals surface area contributed by atoms with Crippen LogP contribution in [0.15, 0.2) is 27.6 Å².